The van der Waals surface area contributed by atoms with Gasteiger partial charge in [0.15, 0.2) is 0 Å². The predicted molar refractivity (Wildman–Crippen MR) is 66.5 cm³/mol. The van der Waals surface area contributed by atoms with Crippen molar-refractivity contribution in [2.24, 2.45) is 0 Å². The van der Waals surface area contributed by atoms with Gasteiger partial charge in [0.25, 0.3) is 0 Å². The van der Waals surface area contributed by atoms with Gasteiger partial charge in [-0.3, -0.25) is 4.79 Å². The molecule has 0 aliphatic heterocycles. The Morgan fingerprint density at radius 1 is 1.41 bits per heavy atom. The van der Waals surface area contributed by atoms with E-state index in [0.717, 1.165) is 0 Å². The van der Waals surface area contributed by atoms with Crippen molar-refractivity contribution in [3.8, 4) is 0 Å². The third-order valence-electron chi connectivity index (χ3n) is 2.00. The molecule has 0 atom stereocenters. The van der Waals surface area contributed by atoms with Gasteiger partial charge >= 0.3 is 5.97 Å². The number of allylic oxidation sites excluding steroid dienone is 1. The fourth-order valence-corrected chi connectivity index (χ4v) is 1.48. The highest BCUT2D eigenvalue weighted by Crippen LogP contribution is 2.19. The molecule has 0 aliphatic rings. The fourth-order valence-electron chi connectivity index (χ4n) is 1.24. The van der Waals surface area contributed by atoms with Crippen LogP contribution in [0.15, 0.2) is 30.9 Å². The van der Waals surface area contributed by atoms with Gasteiger partial charge in [-0.1, -0.05) is 17.7 Å². The summed E-state index contributed by atoms with van der Waals surface area (Å²) in [6, 6.07) is 4.18. The number of aromatic carboxylic acids is 1. The van der Waals surface area contributed by atoms with Gasteiger partial charge in [-0.25, -0.2) is 4.79 Å². The summed E-state index contributed by atoms with van der Waals surface area (Å²) < 4.78 is 0. The van der Waals surface area contributed by atoms with Crippen molar-refractivity contribution in [2.75, 3.05) is 5.32 Å². The van der Waals surface area contributed by atoms with Crippen LogP contribution in [0.5, 0.6) is 0 Å². The van der Waals surface area contributed by atoms with E-state index in [9.17, 15) is 9.59 Å². The van der Waals surface area contributed by atoms with Crippen LogP contribution in [0.2, 0.25) is 5.02 Å². The molecule has 0 heterocycles. The first-order valence-corrected chi connectivity index (χ1v) is 5.35. The van der Waals surface area contributed by atoms with Crippen molar-refractivity contribution in [2.45, 2.75) is 12.8 Å². The Morgan fingerprint density at radius 3 is 2.71 bits per heavy atom. The highest BCUT2D eigenvalue weighted by atomic mass is 35.5. The number of amides is 1. The summed E-state index contributed by atoms with van der Waals surface area (Å²) in [7, 11) is 0. The van der Waals surface area contributed by atoms with Crippen molar-refractivity contribution in [3.63, 3.8) is 0 Å². The van der Waals surface area contributed by atoms with E-state index < -0.39 is 5.97 Å². The maximum Gasteiger partial charge on any atom is 0.335 e. The van der Waals surface area contributed by atoms with Crippen molar-refractivity contribution < 1.29 is 14.7 Å². The molecule has 0 saturated heterocycles. The fraction of sp³-hybridized carbons (Fsp3) is 0.167. The van der Waals surface area contributed by atoms with Gasteiger partial charge in [-0.2, -0.15) is 0 Å². The van der Waals surface area contributed by atoms with Crippen molar-refractivity contribution in [1.82, 2.24) is 0 Å². The molecule has 0 bridgehead atoms. The molecule has 0 saturated carbocycles. The monoisotopic (exact) mass is 253 g/mol. The Balaban J connectivity index is 2.80. The molecule has 1 aromatic carbocycles. The van der Waals surface area contributed by atoms with Crippen LogP contribution < -0.4 is 5.32 Å². The van der Waals surface area contributed by atoms with E-state index in [4.69, 9.17) is 16.7 Å². The molecule has 1 amide bonds. The molecule has 1 rings (SSSR count). The lowest BCUT2D eigenvalue weighted by Gasteiger charge is -2.06. The number of nitrogens with one attached hydrogen (secondary N) is 1. The Kier molecular flexibility index (Phi) is 4.72. The summed E-state index contributed by atoms with van der Waals surface area (Å²) in [5.41, 5.74) is 0.417. The molecule has 2 N–H and O–H groups in total. The first kappa shape index (κ1) is 13.3. The minimum Gasteiger partial charge on any atom is -0.478 e. The van der Waals surface area contributed by atoms with E-state index in [1.807, 2.05) is 0 Å². The molecule has 4 nitrogen and oxygen atoms in total. The van der Waals surface area contributed by atoms with Gasteiger partial charge in [0.1, 0.15) is 0 Å². The molecule has 5 heteroatoms. The van der Waals surface area contributed by atoms with Crippen molar-refractivity contribution in [1.29, 1.82) is 0 Å². The first-order valence-electron chi connectivity index (χ1n) is 4.97. The van der Waals surface area contributed by atoms with Crippen LogP contribution in [-0.4, -0.2) is 17.0 Å². The van der Waals surface area contributed by atoms with Gasteiger partial charge in [-0.05, 0) is 24.6 Å². The number of benzene rings is 1. The van der Waals surface area contributed by atoms with Crippen LogP contribution in [-0.2, 0) is 4.79 Å². The first-order chi connectivity index (χ1) is 8.02. The maximum absolute atomic E-state index is 11.4. The Hall–Kier alpha value is -1.81. The van der Waals surface area contributed by atoms with E-state index in [1.165, 1.54) is 18.2 Å². The van der Waals surface area contributed by atoms with Crippen LogP contribution >= 0.6 is 11.6 Å². The predicted octanol–water partition coefficient (Wildman–Crippen LogP) is 2.94. The highest BCUT2D eigenvalue weighted by Gasteiger charge is 2.08. The van der Waals surface area contributed by atoms with Crippen molar-refractivity contribution >= 4 is 29.2 Å². The summed E-state index contributed by atoms with van der Waals surface area (Å²) in [6.07, 6.45) is 2.51. The summed E-state index contributed by atoms with van der Waals surface area (Å²) in [5.74, 6) is -1.29. The van der Waals surface area contributed by atoms with E-state index in [2.05, 4.69) is 11.9 Å². The summed E-state index contributed by atoms with van der Waals surface area (Å²) in [5, 5.41) is 11.7. The summed E-state index contributed by atoms with van der Waals surface area (Å²) >= 11 is 5.75. The van der Waals surface area contributed by atoms with Crippen LogP contribution in [0.1, 0.15) is 23.2 Å². The Labute approximate surface area is 104 Å². The lowest BCUT2D eigenvalue weighted by molar-refractivity contribution is -0.116. The number of carbonyl (C=O) groups excluding carboxylic acids is 1. The minimum absolute atomic E-state index is 0.0384. The van der Waals surface area contributed by atoms with E-state index in [-0.39, 0.29) is 16.5 Å². The average molecular weight is 254 g/mol. The largest absolute Gasteiger partial charge is 0.478 e. The molecule has 1 aromatic rings. The zero-order valence-corrected chi connectivity index (χ0v) is 9.83. The number of hydrogen-bond acceptors (Lipinski definition) is 2. The van der Waals surface area contributed by atoms with Crippen LogP contribution in [0.3, 0.4) is 0 Å². The molecule has 0 fully saturated rings. The van der Waals surface area contributed by atoms with E-state index >= 15 is 0 Å². The molecule has 0 aliphatic carbocycles. The molecular weight excluding hydrogens is 242 g/mol. The number of carbonyl (C=O) groups is 2. The quantitative estimate of drug-likeness (QED) is 0.793. The number of carboxylic acid groups (broad SMARTS) is 1. The molecule has 0 spiro atoms. The third kappa shape index (κ3) is 4.28. The van der Waals surface area contributed by atoms with E-state index in [1.54, 1.807) is 6.08 Å². The smallest absolute Gasteiger partial charge is 0.335 e. The van der Waals surface area contributed by atoms with Crippen molar-refractivity contribution in [3.05, 3.63) is 41.4 Å². The molecule has 90 valence electrons. The second-order valence-corrected chi connectivity index (χ2v) is 3.85. The lowest BCUT2D eigenvalue weighted by Crippen LogP contribution is -2.11. The Morgan fingerprint density at radius 2 is 2.12 bits per heavy atom. The molecule has 17 heavy (non-hydrogen) atoms. The standard InChI is InChI=1S/C12H12ClNO3/c1-2-3-4-11(15)14-10-6-8(12(16)17)5-9(13)7-10/h2,5-7H,1,3-4H2,(H,14,15)(H,16,17). The zero-order chi connectivity index (χ0) is 12.8. The number of hydrogen-bond donors (Lipinski definition) is 2. The summed E-state index contributed by atoms with van der Waals surface area (Å²) in [4.78, 5) is 22.2. The van der Waals surface area contributed by atoms with Gasteiger partial charge < -0.3 is 10.4 Å². The highest BCUT2D eigenvalue weighted by molar-refractivity contribution is 6.31. The number of anilines is 1. The normalized spacial score (nSPS) is 9.71. The average Bonchev–Trinajstić information content (AvgIpc) is 2.25. The molecule has 0 radical (unpaired) electrons. The SMILES string of the molecule is C=CCCC(=O)Nc1cc(Cl)cc(C(=O)O)c1. The van der Waals surface area contributed by atoms with Gasteiger partial charge in [-0.15, -0.1) is 6.58 Å². The van der Waals surface area contributed by atoms with Gasteiger partial charge in [0, 0.05) is 17.1 Å². The van der Waals surface area contributed by atoms with Crippen LogP contribution in [0, 0.1) is 0 Å². The molecule has 0 aromatic heterocycles. The van der Waals surface area contributed by atoms with Gasteiger partial charge in [0.2, 0.25) is 5.91 Å². The summed E-state index contributed by atoms with van der Waals surface area (Å²) in [6.45, 7) is 3.51. The number of carboxylic acids is 1. The number of halogens is 1. The van der Waals surface area contributed by atoms with E-state index in [0.29, 0.717) is 18.5 Å². The second-order valence-electron chi connectivity index (χ2n) is 3.41. The second kappa shape index (κ2) is 6.06. The van der Waals surface area contributed by atoms with Gasteiger partial charge in [0.05, 0.1) is 5.56 Å². The topological polar surface area (TPSA) is 66.4 Å². The third-order valence-corrected chi connectivity index (χ3v) is 2.22. The minimum atomic E-state index is -1.09. The zero-order valence-electron chi connectivity index (χ0n) is 9.07. The van der Waals surface area contributed by atoms with Crippen LogP contribution in [0.25, 0.3) is 0 Å². The Bertz CT molecular complexity index is 457. The molecular formula is C12H12ClNO3. The number of rotatable bonds is 5. The van der Waals surface area contributed by atoms with Crippen LogP contribution in [0.4, 0.5) is 5.69 Å². The maximum atomic E-state index is 11.4. The lowest BCUT2D eigenvalue weighted by atomic mass is 10.2. The molecule has 0 unspecified atom stereocenters.